The summed E-state index contributed by atoms with van der Waals surface area (Å²) in [6.45, 7) is 9.82. The molecule has 1 N–H and O–H groups in total. The van der Waals surface area contributed by atoms with Gasteiger partial charge in [0.2, 0.25) is 0 Å². The monoisotopic (exact) mass is 221 g/mol. The second-order valence-electron chi connectivity index (χ2n) is 5.10. The molecule has 1 rings (SSSR count). The van der Waals surface area contributed by atoms with Crippen LogP contribution in [0.1, 0.15) is 39.3 Å². The van der Waals surface area contributed by atoms with Crippen LogP contribution in [0.15, 0.2) is 24.3 Å². The Balaban J connectivity index is 3.10. The summed E-state index contributed by atoms with van der Waals surface area (Å²) in [7, 11) is 1.73. The summed E-state index contributed by atoms with van der Waals surface area (Å²) in [4.78, 5) is 0. The molecule has 0 heterocycles. The van der Waals surface area contributed by atoms with Crippen molar-refractivity contribution in [2.75, 3.05) is 13.7 Å². The van der Waals surface area contributed by atoms with E-state index in [9.17, 15) is 0 Å². The Morgan fingerprint density at radius 2 is 1.88 bits per heavy atom. The van der Waals surface area contributed by atoms with E-state index in [-0.39, 0.29) is 5.41 Å². The third-order valence-corrected chi connectivity index (χ3v) is 2.72. The summed E-state index contributed by atoms with van der Waals surface area (Å²) in [5, 5.41) is 3.53. The van der Waals surface area contributed by atoms with E-state index in [0.717, 1.165) is 12.3 Å². The molecule has 16 heavy (non-hydrogen) atoms. The lowest BCUT2D eigenvalue weighted by atomic mass is 9.82. The van der Waals surface area contributed by atoms with E-state index in [2.05, 4.69) is 45.1 Å². The maximum Gasteiger partial charge on any atom is 0.123 e. The molecule has 1 aromatic carbocycles. The molecule has 0 radical (unpaired) electrons. The maximum atomic E-state index is 5.43. The number of nitrogens with one attached hydrogen (secondary N) is 1. The van der Waals surface area contributed by atoms with Gasteiger partial charge in [-0.2, -0.15) is 0 Å². The second kappa shape index (κ2) is 5.35. The van der Waals surface area contributed by atoms with Crippen LogP contribution in [0.2, 0.25) is 0 Å². The molecule has 1 atom stereocenters. The third kappa shape index (κ3) is 2.99. The first kappa shape index (κ1) is 13.0. The quantitative estimate of drug-likeness (QED) is 0.841. The van der Waals surface area contributed by atoms with Crippen molar-refractivity contribution in [2.24, 2.45) is 5.41 Å². The molecule has 0 aliphatic rings. The molecule has 2 nitrogen and oxygen atoms in total. The van der Waals surface area contributed by atoms with Gasteiger partial charge in [-0.15, -0.1) is 0 Å². The van der Waals surface area contributed by atoms with Crippen molar-refractivity contribution in [2.45, 2.75) is 33.7 Å². The van der Waals surface area contributed by atoms with E-state index in [4.69, 9.17) is 4.74 Å². The van der Waals surface area contributed by atoms with Gasteiger partial charge < -0.3 is 10.1 Å². The van der Waals surface area contributed by atoms with Crippen LogP contribution in [-0.2, 0) is 0 Å². The molecule has 0 aliphatic heterocycles. The highest BCUT2D eigenvalue weighted by Gasteiger charge is 2.27. The van der Waals surface area contributed by atoms with Crippen LogP contribution >= 0.6 is 0 Å². The van der Waals surface area contributed by atoms with Crippen molar-refractivity contribution in [1.29, 1.82) is 0 Å². The molecular weight excluding hydrogens is 198 g/mol. The number of hydrogen-bond acceptors (Lipinski definition) is 2. The zero-order chi connectivity index (χ0) is 12.2. The van der Waals surface area contributed by atoms with Gasteiger partial charge in [0.15, 0.2) is 0 Å². The molecule has 0 saturated carbocycles. The van der Waals surface area contributed by atoms with Crippen molar-refractivity contribution in [1.82, 2.24) is 5.32 Å². The molecule has 1 aromatic rings. The molecule has 90 valence electrons. The van der Waals surface area contributed by atoms with Gasteiger partial charge in [-0.25, -0.2) is 0 Å². The second-order valence-corrected chi connectivity index (χ2v) is 5.10. The number of para-hydroxylation sites is 1. The fourth-order valence-corrected chi connectivity index (χ4v) is 1.99. The van der Waals surface area contributed by atoms with Gasteiger partial charge in [0.25, 0.3) is 0 Å². The van der Waals surface area contributed by atoms with Crippen molar-refractivity contribution in [3.63, 3.8) is 0 Å². The Morgan fingerprint density at radius 3 is 2.38 bits per heavy atom. The van der Waals surface area contributed by atoms with Gasteiger partial charge in [-0.3, -0.25) is 0 Å². The molecule has 0 aromatic heterocycles. The highest BCUT2D eigenvalue weighted by molar-refractivity contribution is 5.36. The summed E-state index contributed by atoms with van der Waals surface area (Å²) in [6.07, 6.45) is 0. The Hall–Kier alpha value is -1.02. The highest BCUT2D eigenvalue weighted by Crippen LogP contribution is 2.37. The largest absolute Gasteiger partial charge is 0.496 e. The first-order valence-corrected chi connectivity index (χ1v) is 5.87. The van der Waals surface area contributed by atoms with Gasteiger partial charge in [-0.05, 0) is 18.0 Å². The van der Waals surface area contributed by atoms with E-state index in [0.29, 0.717) is 6.04 Å². The first-order chi connectivity index (χ1) is 7.50. The van der Waals surface area contributed by atoms with Gasteiger partial charge in [-0.1, -0.05) is 45.9 Å². The molecular formula is C14H23NO. The van der Waals surface area contributed by atoms with Crippen LogP contribution in [0.3, 0.4) is 0 Å². The van der Waals surface area contributed by atoms with Crippen LogP contribution < -0.4 is 10.1 Å². The van der Waals surface area contributed by atoms with Gasteiger partial charge >= 0.3 is 0 Å². The number of rotatable bonds is 4. The summed E-state index contributed by atoms with van der Waals surface area (Å²) < 4.78 is 5.43. The van der Waals surface area contributed by atoms with E-state index in [1.807, 2.05) is 12.1 Å². The Labute approximate surface area is 99.0 Å². The Morgan fingerprint density at radius 1 is 1.25 bits per heavy atom. The number of ether oxygens (including phenoxy) is 1. The lowest BCUT2D eigenvalue weighted by Crippen LogP contribution is -2.32. The SMILES string of the molecule is CCNC(c1ccccc1OC)C(C)(C)C. The summed E-state index contributed by atoms with van der Waals surface area (Å²) in [6, 6.07) is 8.54. The average Bonchev–Trinajstić information content (AvgIpc) is 2.24. The smallest absolute Gasteiger partial charge is 0.123 e. The third-order valence-electron chi connectivity index (χ3n) is 2.72. The minimum atomic E-state index is 0.171. The van der Waals surface area contributed by atoms with Crippen molar-refractivity contribution in [3.05, 3.63) is 29.8 Å². The topological polar surface area (TPSA) is 21.3 Å². The van der Waals surface area contributed by atoms with Crippen LogP contribution in [0, 0.1) is 5.41 Å². The minimum absolute atomic E-state index is 0.171. The van der Waals surface area contributed by atoms with Crippen LogP contribution in [0.5, 0.6) is 5.75 Å². The number of hydrogen-bond donors (Lipinski definition) is 1. The van der Waals surface area contributed by atoms with Crippen LogP contribution in [0.25, 0.3) is 0 Å². The molecule has 0 bridgehead atoms. The Bertz CT molecular complexity index is 328. The maximum absolute atomic E-state index is 5.43. The lowest BCUT2D eigenvalue weighted by molar-refractivity contribution is 0.268. The molecule has 1 unspecified atom stereocenters. The lowest BCUT2D eigenvalue weighted by Gasteiger charge is -2.32. The highest BCUT2D eigenvalue weighted by atomic mass is 16.5. The van der Waals surface area contributed by atoms with Crippen LogP contribution in [-0.4, -0.2) is 13.7 Å². The van der Waals surface area contributed by atoms with E-state index in [1.54, 1.807) is 7.11 Å². The fourth-order valence-electron chi connectivity index (χ4n) is 1.99. The number of methoxy groups -OCH3 is 1. The van der Waals surface area contributed by atoms with E-state index >= 15 is 0 Å². The van der Waals surface area contributed by atoms with Crippen molar-refractivity contribution in [3.8, 4) is 5.75 Å². The van der Waals surface area contributed by atoms with Gasteiger partial charge in [0, 0.05) is 11.6 Å². The Kier molecular flexibility index (Phi) is 4.36. The predicted octanol–water partition coefficient (Wildman–Crippen LogP) is 3.39. The first-order valence-electron chi connectivity index (χ1n) is 5.87. The predicted molar refractivity (Wildman–Crippen MR) is 68.9 cm³/mol. The summed E-state index contributed by atoms with van der Waals surface area (Å²) in [5.74, 6) is 0.961. The van der Waals surface area contributed by atoms with Gasteiger partial charge in [0.1, 0.15) is 5.75 Å². The summed E-state index contributed by atoms with van der Waals surface area (Å²) >= 11 is 0. The summed E-state index contributed by atoms with van der Waals surface area (Å²) in [5.41, 5.74) is 1.41. The zero-order valence-corrected chi connectivity index (χ0v) is 11.0. The average molecular weight is 221 g/mol. The number of benzene rings is 1. The normalized spacial score (nSPS) is 13.6. The minimum Gasteiger partial charge on any atom is -0.496 e. The molecule has 0 saturated heterocycles. The molecule has 0 amide bonds. The molecule has 2 heteroatoms. The van der Waals surface area contributed by atoms with E-state index < -0.39 is 0 Å². The fraction of sp³-hybridized carbons (Fsp3) is 0.571. The standard InChI is InChI=1S/C14H23NO/c1-6-15-13(14(2,3)4)11-9-7-8-10-12(11)16-5/h7-10,13,15H,6H2,1-5H3. The van der Waals surface area contributed by atoms with E-state index in [1.165, 1.54) is 5.56 Å². The van der Waals surface area contributed by atoms with Crippen molar-refractivity contribution >= 4 is 0 Å². The zero-order valence-electron chi connectivity index (χ0n) is 11.0. The molecule has 0 aliphatic carbocycles. The molecule has 0 fully saturated rings. The van der Waals surface area contributed by atoms with Crippen molar-refractivity contribution < 1.29 is 4.74 Å². The van der Waals surface area contributed by atoms with Gasteiger partial charge in [0.05, 0.1) is 7.11 Å². The molecule has 0 spiro atoms. The van der Waals surface area contributed by atoms with Crippen LogP contribution in [0.4, 0.5) is 0 Å².